The van der Waals surface area contributed by atoms with Gasteiger partial charge < -0.3 is 9.64 Å². The lowest BCUT2D eigenvalue weighted by molar-refractivity contribution is 0.0957. The van der Waals surface area contributed by atoms with Crippen molar-refractivity contribution in [3.05, 3.63) is 48.2 Å². The van der Waals surface area contributed by atoms with Crippen molar-refractivity contribution in [2.45, 2.75) is 11.3 Å². The molecule has 6 nitrogen and oxygen atoms in total. The predicted molar refractivity (Wildman–Crippen MR) is 112 cm³/mol. The largest absolute Gasteiger partial charge is 0.496 e. The Labute approximate surface area is 170 Å². The second kappa shape index (κ2) is 8.94. The molecule has 1 aromatic carbocycles. The van der Waals surface area contributed by atoms with Crippen LogP contribution in [-0.4, -0.2) is 72.9 Å². The summed E-state index contributed by atoms with van der Waals surface area (Å²) in [6.45, 7) is 6.57. The minimum absolute atomic E-state index is 0.148. The number of aromatic nitrogens is 1. The molecule has 0 radical (unpaired) electrons. The highest BCUT2D eigenvalue weighted by atomic mass is 32.2. The van der Waals surface area contributed by atoms with Crippen LogP contribution in [0, 0.1) is 0 Å². The summed E-state index contributed by atoms with van der Waals surface area (Å²) < 4.78 is 7.53. The number of Topliss-reactive ketones (excluding diaryl/α,β-unsaturated/α-hetero) is 1. The van der Waals surface area contributed by atoms with Crippen molar-refractivity contribution in [1.29, 1.82) is 0 Å². The fourth-order valence-corrected chi connectivity index (χ4v) is 4.90. The topological polar surface area (TPSA) is 48.9 Å². The molecule has 3 heterocycles. The summed E-state index contributed by atoms with van der Waals surface area (Å²) in [6.07, 6.45) is 2.91. The molecular formula is C21H26N4O2S. The number of hydrogen-bond acceptors (Lipinski definition) is 7. The maximum atomic E-state index is 12.6. The van der Waals surface area contributed by atoms with Gasteiger partial charge in [0.15, 0.2) is 5.78 Å². The summed E-state index contributed by atoms with van der Waals surface area (Å²) in [5.74, 6) is 1.90. The monoisotopic (exact) mass is 398 g/mol. The van der Waals surface area contributed by atoms with Crippen molar-refractivity contribution in [2.24, 2.45) is 0 Å². The van der Waals surface area contributed by atoms with E-state index in [2.05, 4.69) is 25.2 Å². The molecule has 0 aliphatic carbocycles. The molecule has 2 aliphatic rings. The summed E-state index contributed by atoms with van der Waals surface area (Å²) in [5, 5.41) is 0. The number of nitrogens with zero attached hydrogens (tertiary/aromatic N) is 4. The Morgan fingerprint density at radius 1 is 1.07 bits per heavy atom. The number of carbonyl (C=O) groups is 1. The highest BCUT2D eigenvalue weighted by Crippen LogP contribution is 2.36. The molecular weight excluding hydrogens is 372 g/mol. The normalized spacial score (nSPS) is 18.2. The SMILES string of the molecule is COc1cccc2c1C(=O)CN(CCCN1CCN(c3ccccn3)CC1)S2. The number of benzene rings is 1. The summed E-state index contributed by atoms with van der Waals surface area (Å²) in [7, 11) is 1.62. The first kappa shape index (κ1) is 19.2. The zero-order chi connectivity index (χ0) is 19.3. The third-order valence-electron chi connectivity index (χ3n) is 5.26. The molecule has 28 heavy (non-hydrogen) atoms. The van der Waals surface area contributed by atoms with E-state index in [1.807, 2.05) is 36.5 Å². The van der Waals surface area contributed by atoms with Gasteiger partial charge in [-0.1, -0.05) is 12.1 Å². The van der Waals surface area contributed by atoms with Crippen LogP contribution < -0.4 is 9.64 Å². The number of fused-ring (bicyclic) bond motifs is 1. The van der Waals surface area contributed by atoms with E-state index in [0.29, 0.717) is 12.3 Å². The average Bonchev–Trinajstić information content (AvgIpc) is 2.74. The molecule has 0 unspecified atom stereocenters. The standard InChI is InChI=1S/C21H26N4O2S/c1-27-18-6-4-7-19-21(18)17(26)16-25(28-19)11-5-10-23-12-14-24(15-13-23)20-8-2-3-9-22-20/h2-4,6-9H,5,10-16H2,1H3. The van der Waals surface area contributed by atoms with Gasteiger partial charge in [0.05, 0.1) is 19.2 Å². The molecule has 0 bridgehead atoms. The second-order valence-electron chi connectivity index (χ2n) is 7.08. The Balaban J connectivity index is 1.24. The van der Waals surface area contributed by atoms with Crippen molar-refractivity contribution in [3.8, 4) is 5.75 Å². The Hall–Kier alpha value is -2.09. The smallest absolute Gasteiger partial charge is 0.182 e. The molecule has 0 N–H and O–H groups in total. The van der Waals surface area contributed by atoms with E-state index in [4.69, 9.17) is 4.74 Å². The molecule has 7 heteroatoms. The van der Waals surface area contributed by atoms with Crippen molar-refractivity contribution >= 4 is 23.5 Å². The number of ketones is 1. The van der Waals surface area contributed by atoms with E-state index < -0.39 is 0 Å². The summed E-state index contributed by atoms with van der Waals surface area (Å²) in [6, 6.07) is 11.9. The number of pyridine rings is 1. The first-order valence-electron chi connectivity index (χ1n) is 9.76. The van der Waals surface area contributed by atoms with Crippen LogP contribution >= 0.6 is 11.9 Å². The predicted octanol–water partition coefficient (Wildman–Crippen LogP) is 2.81. The van der Waals surface area contributed by atoms with Gasteiger partial charge in [0.2, 0.25) is 0 Å². The van der Waals surface area contributed by atoms with Crippen LogP contribution in [0.1, 0.15) is 16.8 Å². The van der Waals surface area contributed by atoms with Gasteiger partial charge in [0.1, 0.15) is 11.6 Å². The molecule has 148 valence electrons. The number of hydrogen-bond donors (Lipinski definition) is 0. The van der Waals surface area contributed by atoms with Crippen molar-refractivity contribution in [2.75, 3.05) is 57.8 Å². The summed E-state index contributed by atoms with van der Waals surface area (Å²) >= 11 is 1.67. The minimum Gasteiger partial charge on any atom is -0.496 e. The summed E-state index contributed by atoms with van der Waals surface area (Å²) in [4.78, 5) is 22.9. The van der Waals surface area contributed by atoms with Gasteiger partial charge in [0.25, 0.3) is 0 Å². The fourth-order valence-electron chi connectivity index (χ4n) is 3.78. The minimum atomic E-state index is 0.148. The zero-order valence-electron chi connectivity index (χ0n) is 16.2. The number of piperazine rings is 1. The van der Waals surface area contributed by atoms with Gasteiger partial charge in [-0.15, -0.1) is 0 Å². The first-order valence-corrected chi connectivity index (χ1v) is 10.5. The molecule has 0 spiro atoms. The van der Waals surface area contributed by atoms with E-state index in [9.17, 15) is 4.79 Å². The van der Waals surface area contributed by atoms with Crippen LogP contribution in [0.2, 0.25) is 0 Å². The lowest BCUT2D eigenvalue weighted by Crippen LogP contribution is -2.47. The lowest BCUT2D eigenvalue weighted by atomic mass is 10.1. The Morgan fingerprint density at radius 3 is 2.68 bits per heavy atom. The highest BCUT2D eigenvalue weighted by Gasteiger charge is 2.27. The number of rotatable bonds is 6. The van der Waals surface area contributed by atoms with Gasteiger partial charge >= 0.3 is 0 Å². The second-order valence-corrected chi connectivity index (χ2v) is 8.22. The van der Waals surface area contributed by atoms with E-state index >= 15 is 0 Å². The Morgan fingerprint density at radius 2 is 1.93 bits per heavy atom. The molecule has 0 atom stereocenters. The van der Waals surface area contributed by atoms with E-state index in [1.54, 1.807) is 19.1 Å². The first-order chi connectivity index (χ1) is 13.7. The van der Waals surface area contributed by atoms with Crippen LogP contribution in [0.3, 0.4) is 0 Å². The van der Waals surface area contributed by atoms with Gasteiger partial charge in [-0.3, -0.25) is 9.69 Å². The number of carbonyl (C=O) groups excluding carboxylic acids is 1. The van der Waals surface area contributed by atoms with Gasteiger partial charge in [-0.2, -0.15) is 0 Å². The average molecular weight is 399 g/mol. The quantitative estimate of drug-likeness (QED) is 0.694. The highest BCUT2D eigenvalue weighted by molar-refractivity contribution is 7.97. The fraction of sp³-hybridized carbons (Fsp3) is 0.429. The van der Waals surface area contributed by atoms with Crippen LogP contribution in [0.4, 0.5) is 5.82 Å². The Bertz CT molecular complexity index is 809. The molecule has 4 rings (SSSR count). The maximum Gasteiger partial charge on any atom is 0.182 e. The zero-order valence-corrected chi connectivity index (χ0v) is 17.0. The third kappa shape index (κ3) is 4.32. The summed E-state index contributed by atoms with van der Waals surface area (Å²) in [5.41, 5.74) is 0.733. The molecule has 1 saturated heterocycles. The molecule has 2 aliphatic heterocycles. The maximum absolute atomic E-state index is 12.6. The van der Waals surface area contributed by atoms with Crippen molar-refractivity contribution in [1.82, 2.24) is 14.2 Å². The van der Waals surface area contributed by atoms with Gasteiger partial charge in [-0.05, 0) is 49.2 Å². The van der Waals surface area contributed by atoms with Crippen LogP contribution in [0.5, 0.6) is 5.75 Å². The van der Waals surface area contributed by atoms with Crippen LogP contribution in [0.25, 0.3) is 0 Å². The van der Waals surface area contributed by atoms with Crippen LogP contribution in [-0.2, 0) is 0 Å². The van der Waals surface area contributed by atoms with Crippen LogP contribution in [0.15, 0.2) is 47.5 Å². The molecule has 1 fully saturated rings. The number of ether oxygens (including phenoxy) is 1. The number of methoxy groups -OCH3 is 1. The molecule has 0 saturated carbocycles. The van der Waals surface area contributed by atoms with E-state index in [-0.39, 0.29) is 5.78 Å². The van der Waals surface area contributed by atoms with E-state index in [0.717, 1.165) is 62.0 Å². The lowest BCUT2D eigenvalue weighted by Gasteiger charge is -2.35. The molecule has 1 aromatic heterocycles. The Kier molecular flexibility index (Phi) is 6.14. The molecule has 0 amide bonds. The number of anilines is 1. The van der Waals surface area contributed by atoms with Crippen molar-refractivity contribution < 1.29 is 9.53 Å². The van der Waals surface area contributed by atoms with E-state index in [1.165, 1.54) is 0 Å². The molecule has 2 aromatic rings. The van der Waals surface area contributed by atoms with Gasteiger partial charge in [-0.25, -0.2) is 9.29 Å². The van der Waals surface area contributed by atoms with Gasteiger partial charge in [0, 0.05) is 43.8 Å². The third-order valence-corrected chi connectivity index (χ3v) is 6.37. The van der Waals surface area contributed by atoms with Crippen molar-refractivity contribution in [3.63, 3.8) is 0 Å².